The van der Waals surface area contributed by atoms with Crippen LogP contribution in [0.4, 0.5) is 16.0 Å². The number of carbonyl (C=O) groups is 1. The second-order valence-electron chi connectivity index (χ2n) is 7.74. The van der Waals surface area contributed by atoms with Gasteiger partial charge in [-0.25, -0.2) is 9.02 Å². The molecule has 3 aromatic rings. The lowest BCUT2D eigenvalue weighted by Crippen LogP contribution is -2.27. The zero-order valence-electron chi connectivity index (χ0n) is 17.5. The molecule has 0 spiro atoms. The molecule has 0 radical (unpaired) electrons. The molecule has 0 unspecified atom stereocenters. The maximum absolute atomic E-state index is 13.5. The minimum atomic E-state index is -0.558. The Hall–Kier alpha value is -3.88. The molecule has 0 saturated carbocycles. The van der Waals surface area contributed by atoms with Crippen LogP contribution < -0.4 is 20.1 Å². The summed E-state index contributed by atoms with van der Waals surface area (Å²) >= 11 is 0. The number of nitrogens with zero attached hydrogens (tertiary/aromatic N) is 2. The van der Waals surface area contributed by atoms with Crippen LogP contribution >= 0.6 is 0 Å². The first-order valence-corrected chi connectivity index (χ1v) is 10.2. The second kappa shape index (κ2) is 7.99. The summed E-state index contributed by atoms with van der Waals surface area (Å²) in [5, 5.41) is 14.4. The third kappa shape index (κ3) is 3.45. The number of Topliss-reactive ketones (excluding diaryl/α,β-unsaturated/α-hetero) is 1. The van der Waals surface area contributed by atoms with Crippen molar-refractivity contribution in [2.45, 2.75) is 24.8 Å². The summed E-state index contributed by atoms with van der Waals surface area (Å²) in [5.74, 6) is 1.59. The summed E-state index contributed by atoms with van der Waals surface area (Å²) in [6.07, 6.45) is 0.843. The van der Waals surface area contributed by atoms with E-state index in [0.29, 0.717) is 47.2 Å². The monoisotopic (exact) mass is 436 g/mol. The Kier molecular flexibility index (Phi) is 5.01. The van der Waals surface area contributed by atoms with Crippen LogP contribution in [0.1, 0.15) is 35.9 Å². The molecule has 1 aromatic heterocycles. The van der Waals surface area contributed by atoms with Crippen molar-refractivity contribution < 1.29 is 23.3 Å². The van der Waals surface area contributed by atoms with Gasteiger partial charge in [0, 0.05) is 23.3 Å². The molecule has 2 aliphatic rings. The number of rotatable bonds is 4. The normalized spacial score (nSPS) is 19.9. The van der Waals surface area contributed by atoms with Crippen molar-refractivity contribution >= 4 is 17.4 Å². The molecule has 0 fully saturated rings. The summed E-state index contributed by atoms with van der Waals surface area (Å²) in [4.78, 5) is 13.5. The number of hydrogen-bond acceptors (Lipinski definition) is 8. The van der Waals surface area contributed by atoms with Crippen molar-refractivity contribution in [2.75, 3.05) is 24.9 Å². The van der Waals surface area contributed by atoms with E-state index in [9.17, 15) is 9.18 Å². The van der Waals surface area contributed by atoms with Crippen molar-refractivity contribution in [1.82, 2.24) is 10.3 Å². The van der Waals surface area contributed by atoms with Gasteiger partial charge in [0.05, 0.1) is 20.3 Å². The van der Waals surface area contributed by atoms with E-state index in [0.717, 1.165) is 11.1 Å². The van der Waals surface area contributed by atoms with Crippen LogP contribution in [0.15, 0.2) is 58.4 Å². The minimum absolute atomic E-state index is 0.0301. The Bertz CT molecular complexity index is 1200. The summed E-state index contributed by atoms with van der Waals surface area (Å²) in [6.45, 7) is 0. The average Bonchev–Trinajstić information content (AvgIpc) is 3.17. The molecular weight excluding hydrogens is 415 g/mol. The molecular formula is C23H21FN4O4. The number of allylic oxidation sites excluding steroid dienone is 1. The molecule has 5 rings (SSSR count). The van der Waals surface area contributed by atoms with E-state index in [1.165, 1.54) is 12.1 Å². The van der Waals surface area contributed by atoms with E-state index >= 15 is 0 Å². The Morgan fingerprint density at radius 3 is 2.56 bits per heavy atom. The highest BCUT2D eigenvalue weighted by molar-refractivity contribution is 6.01. The van der Waals surface area contributed by atoms with E-state index < -0.39 is 6.04 Å². The van der Waals surface area contributed by atoms with E-state index in [4.69, 9.17) is 14.1 Å². The van der Waals surface area contributed by atoms with Crippen LogP contribution in [0.5, 0.6) is 11.5 Å². The van der Waals surface area contributed by atoms with Crippen molar-refractivity contribution in [3.05, 3.63) is 70.7 Å². The quantitative estimate of drug-likeness (QED) is 0.628. The van der Waals surface area contributed by atoms with Crippen LogP contribution in [0.3, 0.4) is 0 Å². The highest BCUT2D eigenvalue weighted by Crippen LogP contribution is 2.45. The van der Waals surface area contributed by atoms with Crippen LogP contribution in [-0.4, -0.2) is 30.3 Å². The summed E-state index contributed by atoms with van der Waals surface area (Å²) in [6, 6.07) is 11.1. The smallest absolute Gasteiger partial charge is 0.219 e. The van der Waals surface area contributed by atoms with Gasteiger partial charge in [0.2, 0.25) is 11.6 Å². The number of carbonyl (C=O) groups excluding carboxylic acids is 1. The topological polar surface area (TPSA) is 98.5 Å². The standard InChI is InChI=1S/C23H21FN4O4/c1-30-15-7-8-19(31-2)16(11-15)21-20-17(25-22-23(26-21)28-32-27-22)9-13(10-18(20)29)12-3-5-14(24)6-4-12/h3-8,11,13,21H,9-10H2,1-2H3,(H,25,27)(H,26,28)/t13-,21+/m0/s1. The Morgan fingerprint density at radius 2 is 1.81 bits per heavy atom. The molecule has 32 heavy (non-hydrogen) atoms. The Balaban J connectivity index is 1.62. The molecule has 0 saturated heterocycles. The van der Waals surface area contributed by atoms with Crippen molar-refractivity contribution in [1.29, 1.82) is 0 Å². The Labute approximate surface area is 183 Å². The number of nitrogens with one attached hydrogen (secondary N) is 2. The van der Waals surface area contributed by atoms with Crippen molar-refractivity contribution in [3.63, 3.8) is 0 Å². The maximum Gasteiger partial charge on any atom is 0.219 e. The van der Waals surface area contributed by atoms with Gasteiger partial charge in [-0.1, -0.05) is 12.1 Å². The summed E-state index contributed by atoms with van der Waals surface area (Å²) < 4.78 is 29.3. The largest absolute Gasteiger partial charge is 0.497 e. The molecule has 2 heterocycles. The second-order valence-corrected chi connectivity index (χ2v) is 7.74. The Morgan fingerprint density at radius 1 is 1.03 bits per heavy atom. The maximum atomic E-state index is 13.5. The lowest BCUT2D eigenvalue weighted by atomic mass is 9.78. The van der Waals surface area contributed by atoms with Gasteiger partial charge in [0.1, 0.15) is 17.3 Å². The van der Waals surface area contributed by atoms with Gasteiger partial charge in [0.15, 0.2) is 5.78 Å². The number of halogens is 1. The van der Waals surface area contributed by atoms with Crippen LogP contribution in [0.25, 0.3) is 0 Å². The molecule has 2 aromatic carbocycles. The van der Waals surface area contributed by atoms with Gasteiger partial charge in [-0.3, -0.25) is 4.79 Å². The number of methoxy groups -OCH3 is 2. The third-order valence-corrected chi connectivity index (χ3v) is 5.92. The minimum Gasteiger partial charge on any atom is -0.497 e. The molecule has 0 amide bonds. The fourth-order valence-corrected chi connectivity index (χ4v) is 4.37. The fraction of sp³-hybridized carbons (Fsp3) is 0.261. The molecule has 2 atom stereocenters. The van der Waals surface area contributed by atoms with E-state index in [-0.39, 0.29) is 17.5 Å². The number of ether oxygens (including phenoxy) is 2. The highest BCUT2D eigenvalue weighted by atomic mass is 19.1. The first kappa shape index (κ1) is 20.0. The first-order valence-electron chi connectivity index (χ1n) is 10.2. The lowest BCUT2D eigenvalue weighted by Gasteiger charge is -2.30. The number of hydrogen-bond donors (Lipinski definition) is 2. The van der Waals surface area contributed by atoms with Crippen LogP contribution in [0.2, 0.25) is 0 Å². The van der Waals surface area contributed by atoms with Gasteiger partial charge in [-0.2, -0.15) is 0 Å². The van der Waals surface area contributed by atoms with E-state index in [1.54, 1.807) is 38.5 Å². The predicted octanol–water partition coefficient (Wildman–Crippen LogP) is 4.21. The molecule has 2 N–H and O–H groups in total. The van der Waals surface area contributed by atoms with Gasteiger partial charge in [0.25, 0.3) is 0 Å². The molecule has 1 aliphatic heterocycles. The fourth-order valence-electron chi connectivity index (χ4n) is 4.37. The summed E-state index contributed by atoms with van der Waals surface area (Å²) in [7, 11) is 3.16. The van der Waals surface area contributed by atoms with E-state index in [2.05, 4.69) is 20.9 Å². The number of aromatic nitrogens is 2. The highest BCUT2D eigenvalue weighted by Gasteiger charge is 2.38. The molecule has 9 heteroatoms. The first-order chi connectivity index (χ1) is 15.6. The van der Waals surface area contributed by atoms with Crippen molar-refractivity contribution in [2.24, 2.45) is 0 Å². The predicted molar refractivity (Wildman–Crippen MR) is 114 cm³/mol. The van der Waals surface area contributed by atoms with Crippen LogP contribution in [-0.2, 0) is 4.79 Å². The van der Waals surface area contributed by atoms with Gasteiger partial charge >= 0.3 is 0 Å². The average molecular weight is 436 g/mol. The number of anilines is 2. The zero-order chi connectivity index (χ0) is 22.2. The van der Waals surface area contributed by atoms with E-state index in [1.807, 2.05) is 6.07 Å². The van der Waals surface area contributed by atoms with Crippen LogP contribution in [0, 0.1) is 5.82 Å². The van der Waals surface area contributed by atoms with Gasteiger partial charge in [-0.15, -0.1) is 0 Å². The summed E-state index contributed by atoms with van der Waals surface area (Å²) in [5.41, 5.74) is 2.92. The zero-order valence-corrected chi connectivity index (χ0v) is 17.5. The van der Waals surface area contributed by atoms with Gasteiger partial charge < -0.3 is 20.1 Å². The van der Waals surface area contributed by atoms with Crippen molar-refractivity contribution in [3.8, 4) is 11.5 Å². The number of ketones is 1. The molecule has 164 valence electrons. The lowest BCUT2D eigenvalue weighted by molar-refractivity contribution is -0.116. The number of benzene rings is 2. The number of fused-ring (bicyclic) bond motifs is 1. The molecule has 1 aliphatic carbocycles. The SMILES string of the molecule is COc1ccc(OC)c([C@H]2Nc3nonc3NC3=C2C(=O)C[C@@H](c2ccc(F)cc2)C3)c1. The molecule has 0 bridgehead atoms. The molecule has 8 nitrogen and oxygen atoms in total. The third-order valence-electron chi connectivity index (χ3n) is 5.92. The van der Waals surface area contributed by atoms with Gasteiger partial charge in [-0.05, 0) is 58.5 Å².